The van der Waals surface area contributed by atoms with Crippen LogP contribution < -0.4 is 4.74 Å². The van der Waals surface area contributed by atoms with Gasteiger partial charge in [-0.3, -0.25) is 4.79 Å². The summed E-state index contributed by atoms with van der Waals surface area (Å²) in [7, 11) is 0. The second-order valence-electron chi connectivity index (χ2n) is 3.76. The van der Waals surface area contributed by atoms with Crippen LogP contribution in [0.25, 0.3) is 0 Å². The Morgan fingerprint density at radius 2 is 2.15 bits per heavy atom. The maximum Gasteiger partial charge on any atom is 0.141 e. The van der Waals surface area contributed by atoms with E-state index in [4.69, 9.17) is 4.74 Å². The number of hydrogen-bond donors (Lipinski definition) is 0. The second kappa shape index (κ2) is 2.34. The molecule has 13 heavy (non-hydrogen) atoms. The predicted octanol–water partition coefficient (Wildman–Crippen LogP) is 1.75. The third-order valence-corrected chi connectivity index (χ3v) is 2.99. The number of para-hydroxylation sites is 1. The van der Waals surface area contributed by atoms with Crippen LogP contribution in [0.4, 0.5) is 0 Å². The van der Waals surface area contributed by atoms with E-state index in [0.29, 0.717) is 24.7 Å². The van der Waals surface area contributed by atoms with E-state index >= 15 is 0 Å². The summed E-state index contributed by atoms with van der Waals surface area (Å²) in [5.41, 5.74) is 1.09. The van der Waals surface area contributed by atoms with Gasteiger partial charge in [0.15, 0.2) is 0 Å². The Hall–Kier alpha value is -1.31. The molecule has 0 aromatic heterocycles. The van der Waals surface area contributed by atoms with Crippen LogP contribution in [-0.2, 0) is 4.79 Å². The van der Waals surface area contributed by atoms with Crippen molar-refractivity contribution in [2.24, 2.45) is 5.92 Å². The summed E-state index contributed by atoms with van der Waals surface area (Å²) in [4.78, 5) is 11.4. The first kappa shape index (κ1) is 7.13. The quantitative estimate of drug-likeness (QED) is 0.599. The number of ether oxygens (including phenoxy) is 1. The lowest BCUT2D eigenvalue weighted by Crippen LogP contribution is -2.41. The third-order valence-electron chi connectivity index (χ3n) is 2.99. The molecule has 2 atom stereocenters. The number of benzene rings is 1. The first-order valence-electron chi connectivity index (χ1n) is 4.61. The van der Waals surface area contributed by atoms with Gasteiger partial charge < -0.3 is 4.74 Å². The van der Waals surface area contributed by atoms with Crippen molar-refractivity contribution in [2.75, 3.05) is 6.61 Å². The zero-order chi connectivity index (χ0) is 8.84. The zero-order valence-electron chi connectivity index (χ0n) is 7.19. The summed E-state index contributed by atoms with van der Waals surface area (Å²) in [5.74, 6) is 1.87. The van der Waals surface area contributed by atoms with Gasteiger partial charge in [-0.1, -0.05) is 18.2 Å². The molecule has 1 aliphatic carbocycles. The van der Waals surface area contributed by atoms with E-state index in [1.54, 1.807) is 0 Å². The first-order chi connectivity index (χ1) is 6.36. The van der Waals surface area contributed by atoms with Crippen molar-refractivity contribution >= 4 is 5.78 Å². The Morgan fingerprint density at radius 3 is 3.00 bits per heavy atom. The Labute approximate surface area is 76.5 Å². The molecule has 2 heteroatoms. The molecule has 2 nitrogen and oxygen atoms in total. The van der Waals surface area contributed by atoms with Gasteiger partial charge in [-0.2, -0.15) is 0 Å². The highest BCUT2D eigenvalue weighted by Crippen LogP contribution is 2.46. The van der Waals surface area contributed by atoms with Crippen molar-refractivity contribution in [1.82, 2.24) is 0 Å². The van der Waals surface area contributed by atoms with Crippen LogP contribution in [0.15, 0.2) is 24.3 Å². The van der Waals surface area contributed by atoms with Crippen LogP contribution in [-0.4, -0.2) is 12.4 Å². The van der Waals surface area contributed by atoms with Crippen molar-refractivity contribution in [3.63, 3.8) is 0 Å². The van der Waals surface area contributed by atoms with Gasteiger partial charge in [-0.15, -0.1) is 0 Å². The Kier molecular flexibility index (Phi) is 1.29. The largest absolute Gasteiger partial charge is 0.493 e. The van der Waals surface area contributed by atoms with E-state index < -0.39 is 0 Å². The molecular weight excluding hydrogens is 164 g/mol. The lowest BCUT2D eigenvalue weighted by Gasteiger charge is -2.39. The van der Waals surface area contributed by atoms with Crippen LogP contribution in [0.3, 0.4) is 0 Å². The van der Waals surface area contributed by atoms with Crippen molar-refractivity contribution in [3.8, 4) is 5.75 Å². The Morgan fingerprint density at radius 1 is 1.31 bits per heavy atom. The third kappa shape index (κ3) is 0.857. The molecule has 2 aliphatic rings. The second-order valence-corrected chi connectivity index (χ2v) is 3.76. The fraction of sp³-hybridized carbons (Fsp3) is 0.364. The normalized spacial score (nSPS) is 29.7. The van der Waals surface area contributed by atoms with Gasteiger partial charge >= 0.3 is 0 Å². The molecule has 0 spiro atoms. The number of Topliss-reactive ketones (excluding diaryl/α,β-unsaturated/α-hetero) is 1. The molecule has 0 bridgehead atoms. The molecule has 1 fully saturated rings. The average molecular weight is 174 g/mol. The van der Waals surface area contributed by atoms with E-state index in [1.165, 1.54) is 0 Å². The molecule has 0 unspecified atom stereocenters. The highest BCUT2D eigenvalue weighted by atomic mass is 16.5. The molecule has 1 aromatic carbocycles. The fourth-order valence-corrected chi connectivity index (χ4v) is 2.25. The van der Waals surface area contributed by atoms with E-state index in [1.807, 2.05) is 24.3 Å². The maximum absolute atomic E-state index is 11.4. The number of carbonyl (C=O) groups excluding carboxylic acids is 1. The molecule has 1 aliphatic heterocycles. The summed E-state index contributed by atoms with van der Waals surface area (Å²) >= 11 is 0. The summed E-state index contributed by atoms with van der Waals surface area (Å²) in [6.07, 6.45) is 0.707. The summed E-state index contributed by atoms with van der Waals surface area (Å²) in [6.45, 7) is 0.716. The highest BCUT2D eigenvalue weighted by molar-refractivity contribution is 5.93. The topological polar surface area (TPSA) is 26.3 Å². The first-order valence-corrected chi connectivity index (χ1v) is 4.61. The number of carbonyl (C=O) groups is 1. The summed E-state index contributed by atoms with van der Waals surface area (Å²) in [6, 6.07) is 7.86. The van der Waals surface area contributed by atoms with Gasteiger partial charge in [-0.05, 0) is 6.07 Å². The molecular formula is C11H10O2. The average Bonchev–Trinajstić information content (AvgIpc) is 2.14. The van der Waals surface area contributed by atoms with Gasteiger partial charge in [0, 0.05) is 17.9 Å². The van der Waals surface area contributed by atoms with Crippen LogP contribution in [0.1, 0.15) is 17.9 Å². The minimum atomic E-state index is 0.143. The minimum Gasteiger partial charge on any atom is -0.493 e. The molecule has 1 aromatic rings. The number of ketones is 1. The monoisotopic (exact) mass is 174 g/mol. The van der Waals surface area contributed by atoms with Crippen molar-refractivity contribution in [1.29, 1.82) is 0 Å². The van der Waals surface area contributed by atoms with E-state index in [-0.39, 0.29) is 5.92 Å². The molecule has 0 amide bonds. The lowest BCUT2D eigenvalue weighted by molar-refractivity contribution is -0.131. The molecule has 3 rings (SSSR count). The minimum absolute atomic E-state index is 0.143. The summed E-state index contributed by atoms with van der Waals surface area (Å²) < 4.78 is 5.55. The van der Waals surface area contributed by atoms with Crippen LogP contribution in [0, 0.1) is 5.92 Å². The number of fused-ring (bicyclic) bond motifs is 3. The SMILES string of the molecule is O=C1C[C@H]2COc3ccccc3[C@@H]12. The van der Waals surface area contributed by atoms with Crippen LogP contribution in [0.2, 0.25) is 0 Å². The van der Waals surface area contributed by atoms with Gasteiger partial charge in [0.05, 0.1) is 12.5 Å². The molecule has 66 valence electrons. The van der Waals surface area contributed by atoms with Crippen molar-refractivity contribution in [2.45, 2.75) is 12.3 Å². The standard InChI is InChI=1S/C11H10O2/c12-9-5-7-6-13-10-4-2-1-3-8(10)11(7)9/h1-4,7,11H,5-6H2/t7-,11-/m0/s1. The maximum atomic E-state index is 11.4. The predicted molar refractivity (Wildman–Crippen MR) is 47.8 cm³/mol. The van der Waals surface area contributed by atoms with Gasteiger partial charge in [0.2, 0.25) is 0 Å². The van der Waals surface area contributed by atoms with Crippen LogP contribution >= 0.6 is 0 Å². The van der Waals surface area contributed by atoms with Crippen LogP contribution in [0.5, 0.6) is 5.75 Å². The molecule has 0 N–H and O–H groups in total. The number of hydrogen-bond acceptors (Lipinski definition) is 2. The van der Waals surface area contributed by atoms with Crippen molar-refractivity contribution < 1.29 is 9.53 Å². The van der Waals surface area contributed by atoms with Gasteiger partial charge in [0.25, 0.3) is 0 Å². The van der Waals surface area contributed by atoms with E-state index in [9.17, 15) is 4.79 Å². The van der Waals surface area contributed by atoms with E-state index in [2.05, 4.69) is 0 Å². The lowest BCUT2D eigenvalue weighted by atomic mass is 9.68. The Bertz CT molecular complexity index is 370. The summed E-state index contributed by atoms with van der Waals surface area (Å²) in [5, 5.41) is 0. The number of rotatable bonds is 0. The molecule has 1 heterocycles. The fourth-order valence-electron chi connectivity index (χ4n) is 2.25. The molecule has 0 radical (unpaired) electrons. The van der Waals surface area contributed by atoms with E-state index in [0.717, 1.165) is 11.3 Å². The van der Waals surface area contributed by atoms with Crippen molar-refractivity contribution in [3.05, 3.63) is 29.8 Å². The molecule has 0 saturated heterocycles. The highest BCUT2D eigenvalue weighted by Gasteiger charge is 2.44. The molecule has 1 saturated carbocycles. The Balaban J connectivity index is 2.10. The smallest absolute Gasteiger partial charge is 0.141 e. The van der Waals surface area contributed by atoms with Gasteiger partial charge in [-0.25, -0.2) is 0 Å². The van der Waals surface area contributed by atoms with Gasteiger partial charge in [0.1, 0.15) is 11.5 Å². The zero-order valence-corrected chi connectivity index (χ0v) is 7.19.